The molecule has 0 N–H and O–H groups in total. The lowest BCUT2D eigenvalue weighted by Gasteiger charge is -2.16. The summed E-state index contributed by atoms with van der Waals surface area (Å²) in [6, 6.07) is 4.31. The molecule has 0 amide bonds. The number of anilines is 1. The van der Waals surface area contributed by atoms with E-state index in [1.165, 1.54) is 33.9 Å². The van der Waals surface area contributed by atoms with Crippen molar-refractivity contribution in [3.05, 3.63) is 29.6 Å². The zero-order chi connectivity index (χ0) is 13.7. The van der Waals surface area contributed by atoms with E-state index < -0.39 is 0 Å². The van der Waals surface area contributed by atoms with Crippen molar-refractivity contribution in [2.45, 2.75) is 26.7 Å². The highest BCUT2D eigenvalue weighted by Gasteiger charge is 2.19. The molecule has 4 rings (SSSR count). The van der Waals surface area contributed by atoms with Gasteiger partial charge in [-0.2, -0.15) is 0 Å². The van der Waals surface area contributed by atoms with Gasteiger partial charge in [0.2, 0.25) is 0 Å². The Balaban J connectivity index is 2.06. The highest BCUT2D eigenvalue weighted by Crippen LogP contribution is 2.39. The SMILES string of the molecule is Cc1cc(C)c2c(n1)sc1c(N3CCCC3)nccc12. The first-order valence-corrected chi connectivity index (χ1v) is 7.96. The Labute approximate surface area is 122 Å². The fourth-order valence-corrected chi connectivity index (χ4v) is 4.50. The first-order valence-electron chi connectivity index (χ1n) is 7.14. The van der Waals surface area contributed by atoms with Crippen LogP contribution in [0.25, 0.3) is 20.3 Å². The van der Waals surface area contributed by atoms with Crippen molar-refractivity contribution in [2.24, 2.45) is 0 Å². The van der Waals surface area contributed by atoms with E-state index in [-0.39, 0.29) is 0 Å². The fraction of sp³-hybridized carbons (Fsp3) is 0.375. The Bertz CT molecular complexity index is 800. The molecule has 0 saturated carbocycles. The number of hydrogen-bond donors (Lipinski definition) is 0. The fourth-order valence-electron chi connectivity index (χ4n) is 3.19. The average molecular weight is 283 g/mol. The molecule has 1 fully saturated rings. The zero-order valence-electron chi connectivity index (χ0n) is 11.8. The molecular formula is C16H17N3S. The van der Waals surface area contributed by atoms with E-state index in [1.807, 2.05) is 6.20 Å². The van der Waals surface area contributed by atoms with Gasteiger partial charge in [0.1, 0.15) is 10.6 Å². The number of fused-ring (bicyclic) bond motifs is 3. The van der Waals surface area contributed by atoms with Gasteiger partial charge < -0.3 is 4.90 Å². The maximum atomic E-state index is 4.71. The molecule has 4 heteroatoms. The van der Waals surface area contributed by atoms with Gasteiger partial charge in [0.25, 0.3) is 0 Å². The predicted molar refractivity (Wildman–Crippen MR) is 85.8 cm³/mol. The van der Waals surface area contributed by atoms with Gasteiger partial charge in [-0.15, -0.1) is 11.3 Å². The molecule has 0 radical (unpaired) electrons. The molecule has 1 saturated heterocycles. The van der Waals surface area contributed by atoms with Crippen LogP contribution in [0.2, 0.25) is 0 Å². The number of nitrogens with zero attached hydrogens (tertiary/aromatic N) is 3. The van der Waals surface area contributed by atoms with Crippen molar-refractivity contribution < 1.29 is 0 Å². The van der Waals surface area contributed by atoms with Gasteiger partial charge in [-0.3, -0.25) is 0 Å². The van der Waals surface area contributed by atoms with E-state index in [0.29, 0.717) is 0 Å². The third kappa shape index (κ3) is 1.71. The lowest BCUT2D eigenvalue weighted by molar-refractivity contribution is 0.947. The van der Waals surface area contributed by atoms with Crippen LogP contribution in [-0.2, 0) is 0 Å². The first-order chi connectivity index (χ1) is 9.74. The van der Waals surface area contributed by atoms with Crippen LogP contribution in [0.5, 0.6) is 0 Å². The molecular weight excluding hydrogens is 266 g/mol. The number of thiophene rings is 1. The molecule has 1 aliphatic rings. The van der Waals surface area contributed by atoms with Crippen LogP contribution in [0, 0.1) is 13.8 Å². The molecule has 3 aromatic rings. The van der Waals surface area contributed by atoms with Crippen LogP contribution < -0.4 is 4.90 Å². The molecule has 3 nitrogen and oxygen atoms in total. The number of aromatic nitrogens is 2. The van der Waals surface area contributed by atoms with Crippen molar-refractivity contribution in [3.63, 3.8) is 0 Å². The van der Waals surface area contributed by atoms with Crippen molar-refractivity contribution in [1.82, 2.24) is 9.97 Å². The Morgan fingerprint density at radius 1 is 1.20 bits per heavy atom. The van der Waals surface area contributed by atoms with Crippen molar-refractivity contribution in [3.8, 4) is 0 Å². The Hall–Kier alpha value is -1.68. The molecule has 0 aromatic carbocycles. The van der Waals surface area contributed by atoms with Gasteiger partial charge in [-0.05, 0) is 44.4 Å². The molecule has 1 aliphatic heterocycles. The van der Waals surface area contributed by atoms with Gasteiger partial charge in [0.15, 0.2) is 0 Å². The summed E-state index contributed by atoms with van der Waals surface area (Å²) in [5.74, 6) is 1.15. The first kappa shape index (κ1) is 12.1. The van der Waals surface area contributed by atoms with E-state index in [0.717, 1.165) is 29.4 Å². The molecule has 0 spiro atoms. The molecule has 4 heterocycles. The normalized spacial score (nSPS) is 15.6. The summed E-state index contributed by atoms with van der Waals surface area (Å²) in [6.07, 6.45) is 4.50. The third-order valence-corrected chi connectivity index (χ3v) is 5.17. The molecule has 0 atom stereocenters. The lowest BCUT2D eigenvalue weighted by atomic mass is 10.1. The Kier molecular flexibility index (Phi) is 2.67. The number of rotatable bonds is 1. The monoisotopic (exact) mass is 283 g/mol. The van der Waals surface area contributed by atoms with Gasteiger partial charge in [0, 0.05) is 35.8 Å². The zero-order valence-corrected chi connectivity index (χ0v) is 12.6. The second kappa shape index (κ2) is 4.42. The summed E-state index contributed by atoms with van der Waals surface area (Å²) < 4.78 is 1.30. The summed E-state index contributed by atoms with van der Waals surface area (Å²) in [7, 11) is 0. The van der Waals surface area contributed by atoms with Crippen molar-refractivity contribution >= 4 is 37.5 Å². The molecule has 0 unspecified atom stereocenters. The second-order valence-corrected chi connectivity index (χ2v) is 6.57. The van der Waals surface area contributed by atoms with E-state index in [9.17, 15) is 0 Å². The van der Waals surface area contributed by atoms with Gasteiger partial charge in [0.05, 0.1) is 4.70 Å². The van der Waals surface area contributed by atoms with Gasteiger partial charge >= 0.3 is 0 Å². The summed E-state index contributed by atoms with van der Waals surface area (Å²) in [5, 5.41) is 2.62. The molecule has 20 heavy (non-hydrogen) atoms. The highest BCUT2D eigenvalue weighted by molar-refractivity contribution is 7.26. The van der Waals surface area contributed by atoms with Crippen LogP contribution >= 0.6 is 11.3 Å². The van der Waals surface area contributed by atoms with Gasteiger partial charge in [-0.1, -0.05) is 0 Å². The summed E-state index contributed by atoms with van der Waals surface area (Å²) in [5.41, 5.74) is 2.41. The third-order valence-electron chi connectivity index (χ3n) is 4.07. The topological polar surface area (TPSA) is 29.0 Å². The van der Waals surface area contributed by atoms with E-state index in [4.69, 9.17) is 4.98 Å². The maximum absolute atomic E-state index is 4.71. The Morgan fingerprint density at radius 3 is 2.80 bits per heavy atom. The number of hydrogen-bond acceptors (Lipinski definition) is 4. The minimum Gasteiger partial charge on any atom is -0.355 e. The smallest absolute Gasteiger partial charge is 0.146 e. The Morgan fingerprint density at radius 2 is 2.00 bits per heavy atom. The van der Waals surface area contributed by atoms with Crippen LogP contribution in [-0.4, -0.2) is 23.1 Å². The lowest BCUT2D eigenvalue weighted by Crippen LogP contribution is -2.18. The summed E-state index contributed by atoms with van der Waals surface area (Å²) >= 11 is 1.79. The van der Waals surface area contributed by atoms with Gasteiger partial charge in [-0.25, -0.2) is 9.97 Å². The van der Waals surface area contributed by atoms with Crippen LogP contribution in [0.3, 0.4) is 0 Å². The molecule has 0 bridgehead atoms. The summed E-state index contributed by atoms with van der Waals surface area (Å²) in [6.45, 7) is 6.51. The van der Waals surface area contributed by atoms with E-state index in [1.54, 1.807) is 11.3 Å². The van der Waals surface area contributed by atoms with Crippen LogP contribution in [0.15, 0.2) is 18.3 Å². The van der Waals surface area contributed by atoms with Crippen molar-refractivity contribution in [2.75, 3.05) is 18.0 Å². The van der Waals surface area contributed by atoms with Crippen molar-refractivity contribution in [1.29, 1.82) is 0 Å². The predicted octanol–water partition coefficient (Wildman–Crippen LogP) is 4.06. The van der Waals surface area contributed by atoms with Crippen LogP contribution in [0.1, 0.15) is 24.1 Å². The largest absolute Gasteiger partial charge is 0.355 e. The number of pyridine rings is 2. The summed E-state index contributed by atoms with van der Waals surface area (Å²) in [4.78, 5) is 12.9. The van der Waals surface area contributed by atoms with E-state index in [2.05, 4.69) is 35.9 Å². The second-order valence-electron chi connectivity index (χ2n) is 5.57. The van der Waals surface area contributed by atoms with E-state index >= 15 is 0 Å². The molecule has 102 valence electrons. The number of aryl methyl sites for hydroxylation is 2. The standard InChI is InChI=1S/C16H17N3S/c1-10-9-11(2)18-16-13(10)12-5-6-17-15(14(12)20-16)19-7-3-4-8-19/h5-6,9H,3-4,7-8H2,1-2H3. The average Bonchev–Trinajstić information content (AvgIpc) is 3.04. The minimum atomic E-state index is 1.09. The van der Waals surface area contributed by atoms with Crippen LogP contribution in [0.4, 0.5) is 5.82 Å². The maximum Gasteiger partial charge on any atom is 0.146 e. The molecule has 3 aromatic heterocycles. The highest BCUT2D eigenvalue weighted by atomic mass is 32.1. The molecule has 0 aliphatic carbocycles. The quantitative estimate of drug-likeness (QED) is 0.674. The minimum absolute atomic E-state index is 1.09.